The van der Waals surface area contributed by atoms with Gasteiger partial charge in [0.25, 0.3) is 5.91 Å². The zero-order valence-electron chi connectivity index (χ0n) is 12.1. The number of carbonyl (C=O) groups is 1. The van der Waals surface area contributed by atoms with Crippen LogP contribution < -0.4 is 11.1 Å². The maximum absolute atomic E-state index is 12.5. The number of nitrogens with one attached hydrogen (secondary N) is 1. The maximum atomic E-state index is 12.5. The van der Waals surface area contributed by atoms with Gasteiger partial charge in [-0.2, -0.15) is 0 Å². The molecule has 0 saturated heterocycles. The Morgan fingerprint density at radius 1 is 1.24 bits per heavy atom. The Bertz CT molecular complexity index is 642. The van der Waals surface area contributed by atoms with Gasteiger partial charge in [-0.05, 0) is 43.0 Å². The van der Waals surface area contributed by atoms with E-state index in [-0.39, 0.29) is 11.3 Å². The predicted octanol–water partition coefficient (Wildman–Crippen LogP) is 2.48. The molecule has 1 fully saturated rings. The summed E-state index contributed by atoms with van der Waals surface area (Å²) in [6, 6.07) is 9.44. The van der Waals surface area contributed by atoms with E-state index in [9.17, 15) is 4.79 Å². The average molecular weight is 283 g/mol. The number of hydrogen-bond acceptors (Lipinski definition) is 3. The van der Waals surface area contributed by atoms with Crippen LogP contribution >= 0.6 is 0 Å². The highest BCUT2D eigenvalue weighted by Crippen LogP contribution is 2.36. The van der Waals surface area contributed by atoms with Gasteiger partial charge in [0.15, 0.2) is 0 Å². The summed E-state index contributed by atoms with van der Waals surface area (Å²) >= 11 is 0. The first-order valence-electron chi connectivity index (χ1n) is 7.56. The largest absolute Gasteiger partial charge is 0.351 e. The molecule has 1 aliphatic carbocycles. The van der Waals surface area contributed by atoms with Gasteiger partial charge in [0, 0.05) is 23.7 Å². The van der Waals surface area contributed by atoms with Crippen molar-refractivity contribution in [2.45, 2.75) is 25.7 Å². The average Bonchev–Trinajstić information content (AvgIpc) is 3.01. The third-order valence-corrected chi connectivity index (χ3v) is 4.61. The maximum Gasteiger partial charge on any atom is 0.251 e. The molecule has 0 unspecified atom stereocenters. The SMILES string of the molecule is NCC1(CNC(=O)c2cccc3ncccc23)CCCC1. The van der Waals surface area contributed by atoms with Crippen molar-refractivity contribution in [1.82, 2.24) is 10.3 Å². The molecule has 0 spiro atoms. The van der Waals surface area contributed by atoms with Crippen molar-refractivity contribution in [2.75, 3.05) is 13.1 Å². The molecule has 21 heavy (non-hydrogen) atoms. The molecule has 0 atom stereocenters. The van der Waals surface area contributed by atoms with Crippen LogP contribution in [-0.2, 0) is 0 Å². The van der Waals surface area contributed by atoms with Gasteiger partial charge < -0.3 is 11.1 Å². The number of pyridine rings is 1. The summed E-state index contributed by atoms with van der Waals surface area (Å²) in [5.41, 5.74) is 7.55. The van der Waals surface area contributed by atoms with Crippen molar-refractivity contribution >= 4 is 16.8 Å². The van der Waals surface area contributed by atoms with Crippen molar-refractivity contribution in [1.29, 1.82) is 0 Å². The molecule has 1 aromatic heterocycles. The summed E-state index contributed by atoms with van der Waals surface area (Å²) in [6.07, 6.45) is 6.39. The van der Waals surface area contributed by atoms with Crippen LogP contribution in [0, 0.1) is 5.41 Å². The Balaban J connectivity index is 1.78. The van der Waals surface area contributed by atoms with Gasteiger partial charge >= 0.3 is 0 Å². The number of aromatic nitrogens is 1. The first-order chi connectivity index (χ1) is 10.2. The van der Waals surface area contributed by atoms with Gasteiger partial charge in [-0.1, -0.05) is 25.0 Å². The van der Waals surface area contributed by atoms with Crippen LogP contribution in [-0.4, -0.2) is 24.0 Å². The standard InChI is InChI=1S/C17H21N3O/c18-11-17(8-1-2-9-17)12-20-16(21)14-5-3-7-15-13(14)6-4-10-19-15/h3-7,10H,1-2,8-9,11-12,18H2,(H,20,21). The van der Waals surface area contributed by atoms with Crippen LogP contribution in [0.5, 0.6) is 0 Å². The van der Waals surface area contributed by atoms with E-state index >= 15 is 0 Å². The van der Waals surface area contributed by atoms with E-state index in [0.29, 0.717) is 18.7 Å². The molecule has 0 bridgehead atoms. The molecule has 0 aliphatic heterocycles. The van der Waals surface area contributed by atoms with Crippen LogP contribution in [0.25, 0.3) is 10.9 Å². The van der Waals surface area contributed by atoms with Crippen molar-refractivity contribution < 1.29 is 4.79 Å². The van der Waals surface area contributed by atoms with Gasteiger partial charge in [-0.25, -0.2) is 0 Å². The highest BCUT2D eigenvalue weighted by Gasteiger charge is 2.32. The van der Waals surface area contributed by atoms with Gasteiger partial charge in [-0.3, -0.25) is 9.78 Å². The molecule has 1 aromatic carbocycles. The lowest BCUT2D eigenvalue weighted by Crippen LogP contribution is -2.40. The summed E-state index contributed by atoms with van der Waals surface area (Å²) in [6.45, 7) is 1.31. The normalized spacial score (nSPS) is 17.0. The van der Waals surface area contributed by atoms with Crippen LogP contribution in [0.15, 0.2) is 36.5 Å². The second-order valence-electron chi connectivity index (χ2n) is 5.97. The van der Waals surface area contributed by atoms with Gasteiger partial charge in [0.2, 0.25) is 0 Å². The van der Waals surface area contributed by atoms with E-state index in [1.807, 2.05) is 30.3 Å². The minimum atomic E-state index is -0.0340. The molecule has 1 amide bonds. The zero-order valence-corrected chi connectivity index (χ0v) is 12.1. The fraction of sp³-hybridized carbons (Fsp3) is 0.412. The van der Waals surface area contributed by atoms with Crippen molar-refractivity contribution in [3.8, 4) is 0 Å². The smallest absolute Gasteiger partial charge is 0.251 e. The van der Waals surface area contributed by atoms with Crippen LogP contribution in [0.4, 0.5) is 0 Å². The molecule has 4 heteroatoms. The lowest BCUT2D eigenvalue weighted by atomic mass is 9.86. The molecule has 2 aromatic rings. The molecular formula is C17H21N3O. The second-order valence-corrected chi connectivity index (χ2v) is 5.97. The highest BCUT2D eigenvalue weighted by atomic mass is 16.1. The molecular weight excluding hydrogens is 262 g/mol. The zero-order chi connectivity index (χ0) is 14.7. The summed E-state index contributed by atoms with van der Waals surface area (Å²) in [5.74, 6) is -0.0340. The minimum absolute atomic E-state index is 0.0340. The van der Waals surface area contributed by atoms with Crippen molar-refractivity contribution in [3.05, 3.63) is 42.1 Å². The van der Waals surface area contributed by atoms with Crippen LogP contribution in [0.2, 0.25) is 0 Å². The third-order valence-electron chi connectivity index (χ3n) is 4.61. The molecule has 110 valence electrons. The van der Waals surface area contributed by atoms with Crippen molar-refractivity contribution in [2.24, 2.45) is 11.1 Å². The minimum Gasteiger partial charge on any atom is -0.351 e. The topological polar surface area (TPSA) is 68.0 Å². The Labute approximate surface area is 124 Å². The van der Waals surface area contributed by atoms with E-state index < -0.39 is 0 Å². The molecule has 1 heterocycles. The number of rotatable bonds is 4. The number of carbonyl (C=O) groups excluding carboxylic acids is 1. The first-order valence-corrected chi connectivity index (χ1v) is 7.56. The van der Waals surface area contributed by atoms with Gasteiger partial charge in [-0.15, -0.1) is 0 Å². The Morgan fingerprint density at radius 3 is 2.81 bits per heavy atom. The predicted molar refractivity (Wildman–Crippen MR) is 84.0 cm³/mol. The lowest BCUT2D eigenvalue weighted by molar-refractivity contribution is 0.0934. The van der Waals surface area contributed by atoms with E-state index in [1.165, 1.54) is 12.8 Å². The molecule has 4 nitrogen and oxygen atoms in total. The Morgan fingerprint density at radius 2 is 2.05 bits per heavy atom. The number of hydrogen-bond donors (Lipinski definition) is 2. The summed E-state index contributed by atoms with van der Waals surface area (Å²) in [4.78, 5) is 16.8. The van der Waals surface area contributed by atoms with Crippen LogP contribution in [0.3, 0.4) is 0 Å². The molecule has 1 aliphatic rings. The summed E-state index contributed by atoms with van der Waals surface area (Å²) in [5, 5.41) is 3.97. The highest BCUT2D eigenvalue weighted by molar-refractivity contribution is 6.06. The third kappa shape index (κ3) is 2.76. The molecule has 3 N–H and O–H groups in total. The summed E-state index contributed by atoms with van der Waals surface area (Å²) < 4.78 is 0. The van der Waals surface area contributed by atoms with E-state index in [1.54, 1.807) is 6.20 Å². The summed E-state index contributed by atoms with van der Waals surface area (Å²) in [7, 11) is 0. The number of nitrogens with two attached hydrogens (primary N) is 1. The van der Waals surface area contributed by atoms with Gasteiger partial charge in [0.1, 0.15) is 0 Å². The number of benzene rings is 1. The molecule has 1 saturated carbocycles. The Hall–Kier alpha value is -1.94. The monoisotopic (exact) mass is 283 g/mol. The van der Waals surface area contributed by atoms with Gasteiger partial charge in [0.05, 0.1) is 5.52 Å². The van der Waals surface area contributed by atoms with E-state index in [0.717, 1.165) is 23.7 Å². The second kappa shape index (κ2) is 5.82. The number of amides is 1. The Kier molecular flexibility index (Phi) is 3.88. The quantitative estimate of drug-likeness (QED) is 0.905. The van der Waals surface area contributed by atoms with E-state index in [2.05, 4.69) is 10.3 Å². The number of nitrogens with zero attached hydrogens (tertiary/aromatic N) is 1. The number of fused-ring (bicyclic) bond motifs is 1. The molecule has 0 radical (unpaired) electrons. The first kappa shape index (κ1) is 14.0. The van der Waals surface area contributed by atoms with E-state index in [4.69, 9.17) is 5.73 Å². The fourth-order valence-electron chi connectivity index (χ4n) is 3.24. The fourth-order valence-corrected chi connectivity index (χ4v) is 3.24. The van der Waals surface area contributed by atoms with Crippen LogP contribution in [0.1, 0.15) is 36.0 Å². The lowest BCUT2D eigenvalue weighted by Gasteiger charge is -2.27. The van der Waals surface area contributed by atoms with Crippen molar-refractivity contribution in [3.63, 3.8) is 0 Å². The molecule has 3 rings (SSSR count).